The van der Waals surface area contributed by atoms with Gasteiger partial charge in [0.25, 0.3) is 10.0 Å². The van der Waals surface area contributed by atoms with Crippen LogP contribution in [0.1, 0.15) is 21.5 Å². The van der Waals surface area contributed by atoms with Crippen LogP contribution in [0.5, 0.6) is 0 Å². The lowest BCUT2D eigenvalue weighted by molar-refractivity contribution is 0.0596. The number of nitrogens with one attached hydrogen (secondary N) is 1. The van der Waals surface area contributed by atoms with E-state index in [1.165, 1.54) is 19.2 Å². The first-order valence-corrected chi connectivity index (χ1v) is 9.00. The number of hydrogen-bond donors (Lipinski definition) is 1. The van der Waals surface area contributed by atoms with Crippen LogP contribution in [-0.4, -0.2) is 21.5 Å². The number of anilines is 1. The molecule has 0 aliphatic carbocycles. The summed E-state index contributed by atoms with van der Waals surface area (Å²) in [4.78, 5) is 11.7. The topological polar surface area (TPSA) is 72.5 Å². The molecule has 0 heterocycles. The van der Waals surface area contributed by atoms with E-state index in [2.05, 4.69) is 25.4 Å². The second-order valence-corrected chi connectivity index (χ2v) is 7.62. The maximum absolute atomic E-state index is 12.7. The third kappa shape index (κ3) is 3.92. The number of rotatable bonds is 4. The van der Waals surface area contributed by atoms with Gasteiger partial charge in [-0.3, -0.25) is 4.72 Å². The second kappa shape index (κ2) is 6.72. The van der Waals surface area contributed by atoms with Gasteiger partial charge < -0.3 is 4.74 Å². The summed E-state index contributed by atoms with van der Waals surface area (Å²) in [6, 6.07) is 9.81. The highest BCUT2D eigenvalue weighted by atomic mass is 79.9. The minimum absolute atomic E-state index is 0.0281. The van der Waals surface area contributed by atoms with Crippen molar-refractivity contribution in [2.45, 2.75) is 18.7 Å². The fourth-order valence-corrected chi connectivity index (χ4v) is 3.71. The number of benzene rings is 2. The molecule has 2 aromatic rings. The lowest BCUT2D eigenvalue weighted by Gasteiger charge is -2.14. The zero-order valence-corrected chi connectivity index (χ0v) is 15.3. The van der Waals surface area contributed by atoms with E-state index < -0.39 is 16.0 Å². The molecule has 23 heavy (non-hydrogen) atoms. The van der Waals surface area contributed by atoms with Crippen LogP contribution in [0, 0.1) is 13.8 Å². The summed E-state index contributed by atoms with van der Waals surface area (Å²) < 4.78 is 33.2. The number of hydrogen-bond acceptors (Lipinski definition) is 4. The number of sulfonamides is 1. The quantitative estimate of drug-likeness (QED) is 0.798. The molecule has 0 unspecified atom stereocenters. The van der Waals surface area contributed by atoms with Gasteiger partial charge >= 0.3 is 5.97 Å². The summed E-state index contributed by atoms with van der Waals surface area (Å²) in [5.41, 5.74) is 2.16. The predicted octanol–water partition coefficient (Wildman–Crippen LogP) is 3.65. The van der Waals surface area contributed by atoms with Crippen LogP contribution in [-0.2, 0) is 14.8 Å². The number of esters is 1. The highest BCUT2D eigenvalue weighted by molar-refractivity contribution is 9.10. The lowest BCUT2D eigenvalue weighted by atomic mass is 10.1. The van der Waals surface area contributed by atoms with Gasteiger partial charge in [0.2, 0.25) is 0 Å². The van der Waals surface area contributed by atoms with Crippen LogP contribution in [0.25, 0.3) is 0 Å². The van der Waals surface area contributed by atoms with E-state index >= 15 is 0 Å². The number of ether oxygens (including phenoxy) is 1. The maximum atomic E-state index is 12.7. The minimum atomic E-state index is -3.93. The number of methoxy groups -OCH3 is 1. The van der Waals surface area contributed by atoms with Gasteiger partial charge in [0.05, 0.1) is 18.4 Å². The first-order valence-electron chi connectivity index (χ1n) is 6.72. The first kappa shape index (κ1) is 17.5. The molecule has 0 radical (unpaired) electrons. The fourth-order valence-electron chi connectivity index (χ4n) is 2.05. The number of halogens is 1. The maximum Gasteiger partial charge on any atom is 0.339 e. The first-order chi connectivity index (χ1) is 10.7. The Morgan fingerprint density at radius 2 is 1.83 bits per heavy atom. The summed E-state index contributed by atoms with van der Waals surface area (Å²) in [6.45, 7) is 3.68. The Labute approximate surface area is 143 Å². The van der Waals surface area contributed by atoms with Gasteiger partial charge in [-0.15, -0.1) is 0 Å². The molecule has 0 fully saturated rings. The lowest BCUT2D eigenvalue weighted by Crippen LogP contribution is -2.18. The second-order valence-electron chi connectivity index (χ2n) is 5.06. The number of aryl methyl sites for hydroxylation is 2. The molecule has 7 heteroatoms. The zero-order chi connectivity index (χ0) is 17.2. The molecule has 0 atom stereocenters. The van der Waals surface area contributed by atoms with Crippen molar-refractivity contribution in [3.8, 4) is 0 Å². The summed E-state index contributed by atoms with van der Waals surface area (Å²) in [5, 5.41) is 0. The van der Waals surface area contributed by atoms with Crippen molar-refractivity contribution in [1.82, 2.24) is 0 Å². The van der Waals surface area contributed by atoms with E-state index in [9.17, 15) is 13.2 Å². The highest BCUT2D eigenvalue weighted by Gasteiger charge is 2.24. The van der Waals surface area contributed by atoms with E-state index in [1.807, 2.05) is 19.1 Å². The van der Waals surface area contributed by atoms with Gasteiger partial charge in [-0.05, 0) is 49.2 Å². The molecule has 0 aliphatic rings. The van der Waals surface area contributed by atoms with Crippen molar-refractivity contribution in [3.05, 3.63) is 57.6 Å². The van der Waals surface area contributed by atoms with Crippen LogP contribution >= 0.6 is 15.9 Å². The van der Waals surface area contributed by atoms with Gasteiger partial charge in [-0.1, -0.05) is 28.1 Å². The predicted molar refractivity (Wildman–Crippen MR) is 92.2 cm³/mol. The molecule has 5 nitrogen and oxygen atoms in total. The average Bonchev–Trinajstić information content (AvgIpc) is 2.49. The Morgan fingerprint density at radius 3 is 2.48 bits per heavy atom. The summed E-state index contributed by atoms with van der Waals surface area (Å²) >= 11 is 3.23. The fraction of sp³-hybridized carbons (Fsp3) is 0.188. The highest BCUT2D eigenvalue weighted by Crippen LogP contribution is 2.25. The molecule has 0 saturated carbocycles. The molecular formula is C16H16BrNO4S. The van der Waals surface area contributed by atoms with Gasteiger partial charge in [0.15, 0.2) is 0 Å². The number of carbonyl (C=O) groups is 1. The number of carbonyl (C=O) groups excluding carboxylic acids is 1. The van der Waals surface area contributed by atoms with Crippen molar-refractivity contribution in [1.29, 1.82) is 0 Å². The normalized spacial score (nSPS) is 11.1. The zero-order valence-electron chi connectivity index (χ0n) is 12.9. The van der Waals surface area contributed by atoms with Crippen LogP contribution in [0.15, 0.2) is 45.8 Å². The van der Waals surface area contributed by atoms with E-state index in [1.54, 1.807) is 19.1 Å². The van der Waals surface area contributed by atoms with E-state index in [-0.39, 0.29) is 10.5 Å². The Morgan fingerprint density at radius 1 is 1.13 bits per heavy atom. The molecule has 0 saturated heterocycles. The van der Waals surface area contributed by atoms with Crippen LogP contribution in [0.4, 0.5) is 5.69 Å². The van der Waals surface area contributed by atoms with E-state index in [0.29, 0.717) is 10.2 Å². The van der Waals surface area contributed by atoms with Crippen molar-refractivity contribution >= 4 is 37.6 Å². The molecule has 2 aromatic carbocycles. The Kier molecular flexibility index (Phi) is 5.11. The Hall–Kier alpha value is -1.86. The van der Waals surface area contributed by atoms with Crippen LogP contribution < -0.4 is 4.72 Å². The monoisotopic (exact) mass is 397 g/mol. The Bertz CT molecular complexity index is 862. The molecule has 0 bridgehead atoms. The van der Waals surface area contributed by atoms with E-state index in [0.717, 1.165) is 11.1 Å². The molecule has 0 aromatic heterocycles. The minimum Gasteiger partial charge on any atom is -0.465 e. The van der Waals surface area contributed by atoms with Crippen LogP contribution in [0.3, 0.4) is 0 Å². The van der Waals surface area contributed by atoms with Crippen molar-refractivity contribution in [2.24, 2.45) is 0 Å². The van der Waals surface area contributed by atoms with Crippen LogP contribution in [0.2, 0.25) is 0 Å². The SMILES string of the molecule is COC(=O)c1cc(Br)ccc1S(=O)(=O)Nc1cc(C)ccc1C. The Balaban J connectivity index is 2.52. The smallest absolute Gasteiger partial charge is 0.339 e. The van der Waals surface area contributed by atoms with Gasteiger partial charge in [-0.25, -0.2) is 13.2 Å². The molecule has 0 amide bonds. The van der Waals surface area contributed by atoms with Gasteiger partial charge in [0.1, 0.15) is 4.90 Å². The van der Waals surface area contributed by atoms with Gasteiger partial charge in [-0.2, -0.15) is 0 Å². The largest absolute Gasteiger partial charge is 0.465 e. The summed E-state index contributed by atoms with van der Waals surface area (Å²) in [5.74, 6) is -0.715. The molecule has 1 N–H and O–H groups in total. The summed E-state index contributed by atoms with van der Waals surface area (Å²) in [6.07, 6.45) is 0. The van der Waals surface area contributed by atoms with Crippen molar-refractivity contribution < 1.29 is 17.9 Å². The van der Waals surface area contributed by atoms with Gasteiger partial charge in [0, 0.05) is 4.47 Å². The summed E-state index contributed by atoms with van der Waals surface area (Å²) in [7, 11) is -2.72. The van der Waals surface area contributed by atoms with Crippen molar-refractivity contribution in [2.75, 3.05) is 11.8 Å². The molecular weight excluding hydrogens is 382 g/mol. The third-order valence-corrected chi connectivity index (χ3v) is 5.19. The molecule has 0 spiro atoms. The standard InChI is InChI=1S/C16H16BrNO4S/c1-10-4-5-11(2)14(8-10)18-23(20,21)15-7-6-12(17)9-13(15)16(19)22-3/h4-9,18H,1-3H3. The molecule has 122 valence electrons. The molecule has 2 rings (SSSR count). The average molecular weight is 398 g/mol. The molecule has 0 aliphatic heterocycles. The third-order valence-electron chi connectivity index (χ3n) is 3.27. The van der Waals surface area contributed by atoms with E-state index in [4.69, 9.17) is 0 Å². The van der Waals surface area contributed by atoms with Crippen molar-refractivity contribution in [3.63, 3.8) is 0 Å².